The number of furan rings is 1. The Balaban J connectivity index is 0.00000243. The lowest BCUT2D eigenvalue weighted by Gasteiger charge is -2.34. The van der Waals surface area contributed by atoms with Crippen LogP contribution in [0.2, 0.25) is 0 Å². The first-order chi connectivity index (χ1) is 12.0. The molecule has 0 unspecified atom stereocenters. The second-order valence-corrected chi connectivity index (χ2v) is 5.71. The quantitative estimate of drug-likeness (QED) is 0.876. The van der Waals surface area contributed by atoms with Crippen molar-refractivity contribution in [1.82, 2.24) is 9.80 Å². The Kier molecular flexibility index (Phi) is 6.33. The van der Waals surface area contributed by atoms with E-state index in [0.717, 1.165) is 12.1 Å². The summed E-state index contributed by atoms with van der Waals surface area (Å²) in [5, 5.41) is 0. The number of hydrogen-bond donors (Lipinski definition) is 1. The summed E-state index contributed by atoms with van der Waals surface area (Å²) < 4.78 is 31.9. The molecule has 1 aliphatic heterocycles. The fraction of sp³-hybridized carbons (Fsp3) is 0.294. The fourth-order valence-electron chi connectivity index (χ4n) is 2.73. The van der Waals surface area contributed by atoms with E-state index < -0.39 is 17.5 Å². The maximum Gasteiger partial charge on any atom is 0.257 e. The third-order valence-corrected chi connectivity index (χ3v) is 4.12. The van der Waals surface area contributed by atoms with E-state index in [1.807, 2.05) is 0 Å². The predicted molar refractivity (Wildman–Crippen MR) is 92.0 cm³/mol. The normalized spacial score (nSPS) is 14.1. The molecule has 140 valence electrons. The summed E-state index contributed by atoms with van der Waals surface area (Å²) in [5.41, 5.74) is 5.68. The topological polar surface area (TPSA) is 79.8 Å². The lowest BCUT2D eigenvalue weighted by molar-refractivity contribution is 0.0532. The van der Waals surface area contributed by atoms with Crippen LogP contribution in [0.5, 0.6) is 0 Å². The third-order valence-electron chi connectivity index (χ3n) is 4.12. The highest BCUT2D eigenvalue weighted by atomic mass is 35.5. The number of piperazine rings is 1. The highest BCUT2D eigenvalue weighted by Gasteiger charge is 2.27. The molecule has 2 aromatic rings. The van der Waals surface area contributed by atoms with Gasteiger partial charge in [0, 0.05) is 32.2 Å². The summed E-state index contributed by atoms with van der Waals surface area (Å²) >= 11 is 0. The van der Waals surface area contributed by atoms with Gasteiger partial charge in [-0.25, -0.2) is 8.78 Å². The number of carbonyl (C=O) groups excluding carboxylic acids is 2. The van der Waals surface area contributed by atoms with Crippen molar-refractivity contribution in [1.29, 1.82) is 0 Å². The SMILES string of the molecule is Cl.NCc1cc(C(=O)N2CCN(C(=O)c3ccc(F)cc3F)CC2)co1. The van der Waals surface area contributed by atoms with Crippen LogP contribution in [-0.2, 0) is 6.54 Å². The highest BCUT2D eigenvalue weighted by molar-refractivity contribution is 5.96. The van der Waals surface area contributed by atoms with Gasteiger partial charge in [-0.1, -0.05) is 0 Å². The van der Waals surface area contributed by atoms with Crippen molar-refractivity contribution in [3.05, 3.63) is 59.1 Å². The molecule has 1 aromatic carbocycles. The molecule has 0 saturated carbocycles. The second kappa shape index (κ2) is 8.29. The van der Waals surface area contributed by atoms with Gasteiger partial charge < -0.3 is 20.0 Å². The van der Waals surface area contributed by atoms with Crippen LogP contribution < -0.4 is 5.73 Å². The summed E-state index contributed by atoms with van der Waals surface area (Å²) in [5.74, 6) is -1.83. The van der Waals surface area contributed by atoms with Crippen LogP contribution in [0.1, 0.15) is 26.5 Å². The molecule has 26 heavy (non-hydrogen) atoms. The Morgan fingerprint density at radius 1 is 1.04 bits per heavy atom. The van der Waals surface area contributed by atoms with Gasteiger partial charge in [-0.2, -0.15) is 0 Å². The summed E-state index contributed by atoms with van der Waals surface area (Å²) in [6, 6.07) is 4.45. The van der Waals surface area contributed by atoms with E-state index in [4.69, 9.17) is 10.2 Å². The average Bonchev–Trinajstić information content (AvgIpc) is 3.10. The molecule has 1 aliphatic rings. The molecular weight excluding hydrogens is 368 g/mol. The molecule has 1 aromatic heterocycles. The number of hydrogen-bond acceptors (Lipinski definition) is 4. The Bertz CT molecular complexity index is 804. The van der Waals surface area contributed by atoms with Gasteiger partial charge in [-0.05, 0) is 18.2 Å². The molecule has 2 N–H and O–H groups in total. The summed E-state index contributed by atoms with van der Waals surface area (Å²) in [6.07, 6.45) is 1.36. The minimum absolute atomic E-state index is 0. The zero-order valence-electron chi connectivity index (χ0n) is 13.8. The van der Waals surface area contributed by atoms with Gasteiger partial charge in [0.15, 0.2) is 0 Å². The van der Waals surface area contributed by atoms with E-state index in [2.05, 4.69) is 0 Å². The largest absolute Gasteiger partial charge is 0.467 e. The van der Waals surface area contributed by atoms with E-state index in [0.29, 0.717) is 30.5 Å². The van der Waals surface area contributed by atoms with E-state index in [9.17, 15) is 18.4 Å². The smallest absolute Gasteiger partial charge is 0.257 e. The number of amides is 2. The Hall–Kier alpha value is -2.45. The summed E-state index contributed by atoms with van der Waals surface area (Å²) in [4.78, 5) is 27.8. The molecule has 9 heteroatoms. The summed E-state index contributed by atoms with van der Waals surface area (Å²) in [7, 11) is 0. The van der Waals surface area contributed by atoms with Gasteiger partial charge >= 0.3 is 0 Å². The minimum atomic E-state index is -0.892. The van der Waals surface area contributed by atoms with Gasteiger partial charge in [0.05, 0.1) is 17.7 Å². The van der Waals surface area contributed by atoms with Crippen molar-refractivity contribution < 1.29 is 22.8 Å². The molecule has 1 fully saturated rings. The fourth-order valence-corrected chi connectivity index (χ4v) is 2.73. The molecule has 2 amide bonds. The van der Waals surface area contributed by atoms with Crippen LogP contribution in [0.25, 0.3) is 0 Å². The molecule has 1 saturated heterocycles. The van der Waals surface area contributed by atoms with Crippen LogP contribution in [0.3, 0.4) is 0 Å². The summed E-state index contributed by atoms with van der Waals surface area (Å²) in [6.45, 7) is 1.37. The monoisotopic (exact) mass is 385 g/mol. The van der Waals surface area contributed by atoms with Gasteiger partial charge in [-0.3, -0.25) is 9.59 Å². The molecule has 0 aliphatic carbocycles. The van der Waals surface area contributed by atoms with E-state index in [1.54, 1.807) is 11.0 Å². The molecule has 0 atom stereocenters. The standard InChI is InChI=1S/C17H17F2N3O3.ClH/c18-12-1-2-14(15(19)8-12)17(24)22-5-3-21(4-6-22)16(23)11-7-13(9-20)25-10-11;/h1-2,7-8,10H,3-6,9,20H2;1H. The number of nitrogens with zero attached hydrogens (tertiary/aromatic N) is 2. The Morgan fingerprint density at radius 3 is 2.19 bits per heavy atom. The molecule has 2 heterocycles. The lowest BCUT2D eigenvalue weighted by atomic mass is 10.1. The maximum atomic E-state index is 13.7. The second-order valence-electron chi connectivity index (χ2n) is 5.71. The van der Waals surface area contributed by atoms with Crippen molar-refractivity contribution in [2.24, 2.45) is 5.73 Å². The van der Waals surface area contributed by atoms with Crippen LogP contribution in [0.4, 0.5) is 8.78 Å². The van der Waals surface area contributed by atoms with Gasteiger partial charge in [0.2, 0.25) is 0 Å². The number of nitrogens with two attached hydrogens (primary N) is 1. The van der Waals surface area contributed by atoms with Crippen molar-refractivity contribution in [3.8, 4) is 0 Å². The van der Waals surface area contributed by atoms with Crippen molar-refractivity contribution in [3.63, 3.8) is 0 Å². The first kappa shape index (κ1) is 19.9. The molecule has 0 bridgehead atoms. The molecular formula is C17H18ClF2N3O3. The molecule has 3 rings (SSSR count). The van der Waals surface area contributed by atoms with E-state index in [-0.39, 0.29) is 43.5 Å². The Labute approximate surface area is 154 Å². The molecule has 6 nitrogen and oxygen atoms in total. The van der Waals surface area contributed by atoms with Gasteiger partial charge in [-0.15, -0.1) is 12.4 Å². The van der Waals surface area contributed by atoms with Crippen molar-refractivity contribution in [2.75, 3.05) is 26.2 Å². The highest BCUT2D eigenvalue weighted by Crippen LogP contribution is 2.16. The molecule has 0 radical (unpaired) electrons. The Morgan fingerprint density at radius 2 is 1.65 bits per heavy atom. The van der Waals surface area contributed by atoms with Crippen molar-refractivity contribution in [2.45, 2.75) is 6.54 Å². The minimum Gasteiger partial charge on any atom is -0.467 e. The van der Waals surface area contributed by atoms with Gasteiger partial charge in [0.1, 0.15) is 23.7 Å². The zero-order valence-corrected chi connectivity index (χ0v) is 14.6. The van der Waals surface area contributed by atoms with E-state index >= 15 is 0 Å². The van der Waals surface area contributed by atoms with Crippen LogP contribution >= 0.6 is 12.4 Å². The number of benzene rings is 1. The zero-order chi connectivity index (χ0) is 18.0. The maximum absolute atomic E-state index is 13.7. The van der Waals surface area contributed by atoms with Crippen LogP contribution in [0.15, 0.2) is 34.9 Å². The van der Waals surface area contributed by atoms with Crippen LogP contribution in [-0.4, -0.2) is 47.8 Å². The number of rotatable bonds is 3. The first-order valence-corrected chi connectivity index (χ1v) is 7.80. The van der Waals surface area contributed by atoms with E-state index in [1.165, 1.54) is 11.2 Å². The van der Waals surface area contributed by atoms with Gasteiger partial charge in [0.25, 0.3) is 11.8 Å². The molecule has 0 spiro atoms. The van der Waals surface area contributed by atoms with Crippen LogP contribution in [0, 0.1) is 11.6 Å². The lowest BCUT2D eigenvalue weighted by Crippen LogP contribution is -2.50. The average molecular weight is 386 g/mol. The number of carbonyl (C=O) groups is 2. The van der Waals surface area contributed by atoms with Crippen molar-refractivity contribution >= 4 is 24.2 Å². The predicted octanol–water partition coefficient (Wildman–Crippen LogP) is 2.04. The number of halogens is 3. The first-order valence-electron chi connectivity index (χ1n) is 7.80. The third kappa shape index (κ3) is 4.03.